The second-order valence-corrected chi connectivity index (χ2v) is 3.97. The Bertz CT molecular complexity index is 546. The molecule has 0 saturated heterocycles. The Labute approximate surface area is 98.0 Å². The Balaban J connectivity index is 2.01. The van der Waals surface area contributed by atoms with Gasteiger partial charge in [0.15, 0.2) is 5.58 Å². The van der Waals surface area contributed by atoms with E-state index in [0.29, 0.717) is 30.7 Å². The summed E-state index contributed by atoms with van der Waals surface area (Å²) in [6, 6.07) is 5.53. The predicted molar refractivity (Wildman–Crippen MR) is 65.6 cm³/mol. The summed E-state index contributed by atoms with van der Waals surface area (Å²) in [5, 5.41) is 3.19. The number of aromatic nitrogens is 1. The average molecular weight is 236 g/mol. The van der Waals surface area contributed by atoms with Gasteiger partial charge in [-0.25, -0.2) is 4.79 Å². The lowest BCUT2D eigenvalue weighted by Gasteiger charge is -2.09. The topological polar surface area (TPSA) is 110 Å². The minimum atomic E-state index is -0.435. The Morgan fingerprint density at radius 3 is 3.06 bits per heavy atom. The lowest BCUT2D eigenvalue weighted by atomic mass is 10.2. The summed E-state index contributed by atoms with van der Waals surface area (Å²) in [4.78, 5) is 13.6. The number of nitrogens with two attached hydrogens (primary N) is 2. The standard InChI is InChI=1S/C11H16N4O2/c12-4-8(13)6-14-5-7-1-2-9-10(3-7)17-11(16)15-9/h1-3,8,14H,4-6,12-13H2,(H,15,16). The van der Waals surface area contributed by atoms with Gasteiger partial charge in [0.05, 0.1) is 5.52 Å². The molecule has 0 amide bonds. The van der Waals surface area contributed by atoms with Crippen LogP contribution in [-0.2, 0) is 6.54 Å². The first-order chi connectivity index (χ1) is 8.19. The average Bonchev–Trinajstić information content (AvgIpc) is 2.68. The van der Waals surface area contributed by atoms with Gasteiger partial charge in [-0.1, -0.05) is 6.07 Å². The van der Waals surface area contributed by atoms with Gasteiger partial charge in [-0.3, -0.25) is 4.98 Å². The van der Waals surface area contributed by atoms with Gasteiger partial charge in [-0.15, -0.1) is 0 Å². The minimum absolute atomic E-state index is 0.0380. The van der Waals surface area contributed by atoms with Crippen LogP contribution in [0.3, 0.4) is 0 Å². The molecular weight excluding hydrogens is 220 g/mol. The number of fused-ring (bicyclic) bond motifs is 1. The molecule has 0 fully saturated rings. The maximum Gasteiger partial charge on any atom is 0.417 e. The maximum absolute atomic E-state index is 11.0. The molecule has 0 aliphatic rings. The van der Waals surface area contributed by atoms with E-state index >= 15 is 0 Å². The van der Waals surface area contributed by atoms with E-state index in [1.165, 1.54) is 0 Å². The van der Waals surface area contributed by atoms with Crippen molar-refractivity contribution in [3.63, 3.8) is 0 Å². The molecule has 2 aromatic rings. The van der Waals surface area contributed by atoms with Crippen molar-refractivity contribution in [2.45, 2.75) is 12.6 Å². The molecule has 6 N–H and O–H groups in total. The normalized spacial score (nSPS) is 13.1. The highest BCUT2D eigenvalue weighted by Crippen LogP contribution is 2.11. The number of hydrogen-bond donors (Lipinski definition) is 4. The number of H-pyrrole nitrogens is 1. The van der Waals surface area contributed by atoms with Crippen LogP contribution in [0.25, 0.3) is 11.1 Å². The molecule has 6 heteroatoms. The van der Waals surface area contributed by atoms with Crippen molar-refractivity contribution < 1.29 is 4.42 Å². The third-order valence-electron chi connectivity index (χ3n) is 2.52. The number of benzene rings is 1. The van der Waals surface area contributed by atoms with Crippen molar-refractivity contribution in [2.24, 2.45) is 11.5 Å². The number of rotatable bonds is 5. The molecule has 6 nitrogen and oxygen atoms in total. The van der Waals surface area contributed by atoms with Gasteiger partial charge in [0.25, 0.3) is 0 Å². The van der Waals surface area contributed by atoms with Gasteiger partial charge in [-0.2, -0.15) is 0 Å². The number of oxazole rings is 1. The summed E-state index contributed by atoms with van der Waals surface area (Å²) >= 11 is 0. The van der Waals surface area contributed by atoms with Crippen LogP contribution in [0.2, 0.25) is 0 Å². The van der Waals surface area contributed by atoms with E-state index in [4.69, 9.17) is 15.9 Å². The highest BCUT2D eigenvalue weighted by Gasteiger charge is 2.03. The van der Waals surface area contributed by atoms with Crippen molar-refractivity contribution in [1.29, 1.82) is 0 Å². The van der Waals surface area contributed by atoms with Crippen LogP contribution in [0, 0.1) is 0 Å². The summed E-state index contributed by atoms with van der Waals surface area (Å²) in [6.45, 7) is 1.78. The maximum atomic E-state index is 11.0. The van der Waals surface area contributed by atoms with Crippen LogP contribution >= 0.6 is 0 Å². The van der Waals surface area contributed by atoms with Crippen LogP contribution in [0.15, 0.2) is 27.4 Å². The Kier molecular flexibility index (Phi) is 3.58. The van der Waals surface area contributed by atoms with Gasteiger partial charge in [0, 0.05) is 25.7 Å². The molecule has 17 heavy (non-hydrogen) atoms. The van der Waals surface area contributed by atoms with Gasteiger partial charge >= 0.3 is 5.76 Å². The third kappa shape index (κ3) is 2.94. The first-order valence-corrected chi connectivity index (χ1v) is 5.47. The van der Waals surface area contributed by atoms with Crippen LogP contribution in [0.5, 0.6) is 0 Å². The monoisotopic (exact) mass is 236 g/mol. The zero-order chi connectivity index (χ0) is 12.3. The summed E-state index contributed by atoms with van der Waals surface area (Å²) in [6.07, 6.45) is 0. The molecule has 0 spiro atoms. The molecule has 1 aromatic carbocycles. The summed E-state index contributed by atoms with van der Waals surface area (Å²) in [5.74, 6) is -0.435. The number of nitrogens with one attached hydrogen (secondary N) is 2. The molecule has 0 saturated carbocycles. The highest BCUT2D eigenvalue weighted by molar-refractivity contribution is 5.72. The molecule has 1 unspecified atom stereocenters. The SMILES string of the molecule is NCC(N)CNCc1ccc2[nH]c(=O)oc2c1. The van der Waals surface area contributed by atoms with Gasteiger partial charge in [0.1, 0.15) is 0 Å². The molecule has 1 atom stereocenters. The van der Waals surface area contributed by atoms with Gasteiger partial charge in [-0.05, 0) is 17.7 Å². The van der Waals surface area contributed by atoms with E-state index in [1.54, 1.807) is 0 Å². The van der Waals surface area contributed by atoms with Crippen molar-refractivity contribution >= 4 is 11.1 Å². The molecule has 0 bridgehead atoms. The van der Waals surface area contributed by atoms with E-state index in [2.05, 4.69) is 10.3 Å². The number of aromatic amines is 1. The van der Waals surface area contributed by atoms with Crippen molar-refractivity contribution in [2.75, 3.05) is 13.1 Å². The van der Waals surface area contributed by atoms with Gasteiger partial charge in [0.2, 0.25) is 0 Å². The molecule has 2 rings (SSSR count). The lowest BCUT2D eigenvalue weighted by Crippen LogP contribution is -2.39. The van der Waals surface area contributed by atoms with Crippen LogP contribution in [0.1, 0.15) is 5.56 Å². The minimum Gasteiger partial charge on any atom is -0.408 e. The van der Waals surface area contributed by atoms with E-state index in [0.717, 1.165) is 5.56 Å². The summed E-state index contributed by atoms with van der Waals surface area (Å²) < 4.78 is 4.97. The molecule has 0 aliphatic carbocycles. The summed E-state index contributed by atoms with van der Waals surface area (Å²) in [5.41, 5.74) is 13.4. The van der Waals surface area contributed by atoms with E-state index in [9.17, 15) is 4.79 Å². The van der Waals surface area contributed by atoms with E-state index in [-0.39, 0.29) is 6.04 Å². The third-order valence-corrected chi connectivity index (χ3v) is 2.52. The zero-order valence-corrected chi connectivity index (χ0v) is 9.40. The molecule has 1 aromatic heterocycles. The second kappa shape index (κ2) is 5.13. The second-order valence-electron chi connectivity index (χ2n) is 3.97. The fraction of sp³-hybridized carbons (Fsp3) is 0.364. The smallest absolute Gasteiger partial charge is 0.408 e. The first-order valence-electron chi connectivity index (χ1n) is 5.47. The van der Waals surface area contributed by atoms with Crippen molar-refractivity contribution in [3.8, 4) is 0 Å². The van der Waals surface area contributed by atoms with Crippen LogP contribution in [0.4, 0.5) is 0 Å². The number of hydrogen-bond acceptors (Lipinski definition) is 5. The highest BCUT2D eigenvalue weighted by atomic mass is 16.4. The summed E-state index contributed by atoms with van der Waals surface area (Å²) in [7, 11) is 0. The lowest BCUT2D eigenvalue weighted by molar-refractivity contribution is 0.553. The first kappa shape index (κ1) is 11.8. The fourth-order valence-electron chi connectivity index (χ4n) is 1.58. The molecular formula is C11H16N4O2. The Morgan fingerprint density at radius 2 is 2.29 bits per heavy atom. The molecule has 1 heterocycles. The van der Waals surface area contributed by atoms with E-state index in [1.807, 2.05) is 18.2 Å². The van der Waals surface area contributed by atoms with Crippen LogP contribution < -0.4 is 22.5 Å². The fourth-order valence-corrected chi connectivity index (χ4v) is 1.58. The molecule has 0 radical (unpaired) electrons. The van der Waals surface area contributed by atoms with Crippen molar-refractivity contribution in [3.05, 3.63) is 34.3 Å². The van der Waals surface area contributed by atoms with Crippen LogP contribution in [-0.4, -0.2) is 24.1 Å². The molecule has 92 valence electrons. The Morgan fingerprint density at radius 1 is 1.47 bits per heavy atom. The largest absolute Gasteiger partial charge is 0.417 e. The van der Waals surface area contributed by atoms with Crippen molar-refractivity contribution in [1.82, 2.24) is 10.3 Å². The quantitative estimate of drug-likeness (QED) is 0.559. The zero-order valence-electron chi connectivity index (χ0n) is 9.40. The molecule has 0 aliphatic heterocycles. The van der Waals surface area contributed by atoms with Gasteiger partial charge < -0.3 is 21.2 Å². The predicted octanol–water partition coefficient (Wildman–Crippen LogP) is -0.503. The van der Waals surface area contributed by atoms with E-state index < -0.39 is 5.76 Å². The Hall–Kier alpha value is -1.63.